The number of nitrogens with zero attached hydrogens (tertiary/aromatic N) is 1. The molecule has 1 rings (SSSR count). The molecule has 0 amide bonds. The summed E-state index contributed by atoms with van der Waals surface area (Å²) in [5.41, 5.74) is 7.21. The van der Waals surface area contributed by atoms with Crippen molar-refractivity contribution >= 4 is 11.6 Å². The zero-order valence-electron chi connectivity index (χ0n) is 7.66. The Labute approximate surface area is 82.5 Å². The van der Waals surface area contributed by atoms with E-state index in [0.717, 1.165) is 11.1 Å². The molecule has 0 saturated carbocycles. The second kappa shape index (κ2) is 4.05. The van der Waals surface area contributed by atoms with Crippen molar-refractivity contribution in [2.75, 3.05) is 0 Å². The summed E-state index contributed by atoms with van der Waals surface area (Å²) < 4.78 is 0. The molecule has 0 spiro atoms. The van der Waals surface area contributed by atoms with Gasteiger partial charge < -0.3 is 10.8 Å². The third kappa shape index (κ3) is 2.40. The van der Waals surface area contributed by atoms with Gasteiger partial charge in [-0.1, -0.05) is 11.6 Å². The number of aromatic nitrogens is 1. The Morgan fingerprint density at radius 3 is 2.69 bits per heavy atom. The minimum absolute atomic E-state index is 0.304. The van der Waals surface area contributed by atoms with Crippen molar-refractivity contribution in [2.45, 2.75) is 26.0 Å². The first-order chi connectivity index (χ1) is 6.02. The number of hydrogen-bond donors (Lipinski definition) is 2. The average molecular weight is 201 g/mol. The Hall–Kier alpha value is -0.640. The lowest BCUT2D eigenvalue weighted by Crippen LogP contribution is -2.25. The Bertz CT molecular complexity index is 302. The van der Waals surface area contributed by atoms with Crippen LogP contribution in [0, 0.1) is 6.92 Å². The van der Waals surface area contributed by atoms with E-state index < -0.39 is 6.10 Å². The number of aliphatic hydroxyl groups is 1. The maximum Gasteiger partial charge on any atom is 0.129 e. The van der Waals surface area contributed by atoms with Crippen LogP contribution in [-0.2, 0) is 0 Å². The van der Waals surface area contributed by atoms with E-state index in [1.54, 1.807) is 19.2 Å². The molecule has 3 nitrogen and oxygen atoms in total. The quantitative estimate of drug-likeness (QED) is 0.710. The fourth-order valence-electron chi connectivity index (χ4n) is 1.13. The maximum atomic E-state index is 9.66. The predicted octanol–water partition coefficient (Wildman–Crippen LogP) is 1.42. The largest absolute Gasteiger partial charge is 0.387 e. The van der Waals surface area contributed by atoms with Gasteiger partial charge in [-0.05, 0) is 25.5 Å². The fourth-order valence-corrected chi connectivity index (χ4v) is 1.34. The Morgan fingerprint density at radius 1 is 1.62 bits per heavy atom. The minimum atomic E-state index is -0.676. The molecule has 0 aromatic carbocycles. The van der Waals surface area contributed by atoms with Crippen molar-refractivity contribution in [2.24, 2.45) is 5.73 Å². The van der Waals surface area contributed by atoms with Gasteiger partial charge in [0.05, 0.1) is 6.10 Å². The van der Waals surface area contributed by atoms with E-state index >= 15 is 0 Å². The van der Waals surface area contributed by atoms with Gasteiger partial charge in [0.2, 0.25) is 0 Å². The van der Waals surface area contributed by atoms with Crippen LogP contribution in [0.15, 0.2) is 12.3 Å². The Balaban J connectivity index is 3.01. The third-order valence-electron chi connectivity index (χ3n) is 1.93. The minimum Gasteiger partial charge on any atom is -0.387 e. The van der Waals surface area contributed by atoms with Gasteiger partial charge in [-0.3, -0.25) is 0 Å². The molecule has 0 unspecified atom stereocenters. The predicted molar refractivity (Wildman–Crippen MR) is 52.6 cm³/mol. The molecular formula is C9H13ClN2O. The van der Waals surface area contributed by atoms with Gasteiger partial charge in [0, 0.05) is 17.8 Å². The van der Waals surface area contributed by atoms with Crippen LogP contribution in [0.25, 0.3) is 0 Å². The highest BCUT2D eigenvalue weighted by atomic mass is 35.5. The molecule has 0 bridgehead atoms. The van der Waals surface area contributed by atoms with E-state index in [1.807, 2.05) is 6.92 Å². The van der Waals surface area contributed by atoms with Crippen molar-refractivity contribution in [3.05, 3.63) is 28.5 Å². The number of aliphatic hydroxyl groups excluding tert-OH is 1. The van der Waals surface area contributed by atoms with E-state index in [2.05, 4.69) is 4.98 Å². The van der Waals surface area contributed by atoms with Crippen molar-refractivity contribution < 1.29 is 5.11 Å². The summed E-state index contributed by atoms with van der Waals surface area (Å²) in [6.07, 6.45) is 0.885. The van der Waals surface area contributed by atoms with Gasteiger partial charge in [0.1, 0.15) is 5.15 Å². The molecule has 1 aromatic heterocycles. The van der Waals surface area contributed by atoms with Crippen LogP contribution in [-0.4, -0.2) is 16.1 Å². The second-order valence-electron chi connectivity index (χ2n) is 3.17. The first-order valence-corrected chi connectivity index (χ1v) is 4.46. The SMILES string of the molecule is Cc1cc(Cl)ncc1[C@H](O)[C@H](C)N. The molecule has 1 aromatic rings. The van der Waals surface area contributed by atoms with Crippen molar-refractivity contribution in [3.8, 4) is 0 Å². The van der Waals surface area contributed by atoms with Gasteiger partial charge in [-0.15, -0.1) is 0 Å². The molecule has 2 atom stereocenters. The number of rotatable bonds is 2. The van der Waals surface area contributed by atoms with E-state index in [0.29, 0.717) is 5.15 Å². The average Bonchev–Trinajstić information content (AvgIpc) is 2.03. The zero-order valence-corrected chi connectivity index (χ0v) is 8.42. The lowest BCUT2D eigenvalue weighted by atomic mass is 10.0. The molecule has 72 valence electrons. The van der Waals surface area contributed by atoms with E-state index in [9.17, 15) is 5.11 Å². The van der Waals surface area contributed by atoms with Crippen LogP contribution in [0.1, 0.15) is 24.2 Å². The normalized spacial score (nSPS) is 15.5. The van der Waals surface area contributed by atoms with Gasteiger partial charge in [0.25, 0.3) is 0 Å². The fraction of sp³-hybridized carbons (Fsp3) is 0.444. The van der Waals surface area contributed by atoms with Crippen LogP contribution in [0.2, 0.25) is 5.15 Å². The summed E-state index contributed by atoms with van der Waals surface area (Å²) in [6, 6.07) is 1.41. The monoisotopic (exact) mass is 200 g/mol. The highest BCUT2D eigenvalue weighted by Crippen LogP contribution is 2.20. The number of nitrogens with two attached hydrogens (primary N) is 1. The topological polar surface area (TPSA) is 59.1 Å². The van der Waals surface area contributed by atoms with Crippen molar-refractivity contribution in [1.29, 1.82) is 0 Å². The molecule has 3 N–H and O–H groups in total. The summed E-state index contributed by atoms with van der Waals surface area (Å²) in [4.78, 5) is 3.89. The first kappa shape index (κ1) is 10.4. The highest BCUT2D eigenvalue weighted by molar-refractivity contribution is 6.29. The number of hydrogen-bond acceptors (Lipinski definition) is 3. The first-order valence-electron chi connectivity index (χ1n) is 4.08. The van der Waals surface area contributed by atoms with Gasteiger partial charge in [-0.25, -0.2) is 4.98 Å². The lowest BCUT2D eigenvalue weighted by molar-refractivity contribution is 0.152. The summed E-state index contributed by atoms with van der Waals surface area (Å²) in [5.74, 6) is 0. The Kier molecular flexibility index (Phi) is 3.25. The number of aryl methyl sites for hydroxylation is 1. The maximum absolute atomic E-state index is 9.66. The highest BCUT2D eigenvalue weighted by Gasteiger charge is 2.14. The smallest absolute Gasteiger partial charge is 0.129 e. The summed E-state index contributed by atoms with van der Waals surface area (Å²) in [5, 5.41) is 10.1. The van der Waals surface area contributed by atoms with E-state index in [-0.39, 0.29) is 6.04 Å². The molecule has 13 heavy (non-hydrogen) atoms. The van der Waals surface area contributed by atoms with Crippen LogP contribution in [0.3, 0.4) is 0 Å². The van der Waals surface area contributed by atoms with Gasteiger partial charge in [-0.2, -0.15) is 0 Å². The van der Waals surface area contributed by atoms with Crippen molar-refractivity contribution in [1.82, 2.24) is 4.98 Å². The summed E-state index contributed by atoms with van der Waals surface area (Å²) in [6.45, 7) is 3.62. The molecular weight excluding hydrogens is 188 g/mol. The van der Waals surface area contributed by atoms with Crippen LogP contribution >= 0.6 is 11.6 Å². The molecule has 4 heteroatoms. The van der Waals surface area contributed by atoms with Crippen LogP contribution < -0.4 is 5.73 Å². The molecule has 0 aliphatic carbocycles. The second-order valence-corrected chi connectivity index (χ2v) is 3.55. The zero-order chi connectivity index (χ0) is 10.0. The third-order valence-corrected chi connectivity index (χ3v) is 2.14. The van der Waals surface area contributed by atoms with E-state index in [4.69, 9.17) is 17.3 Å². The van der Waals surface area contributed by atoms with Crippen LogP contribution in [0.5, 0.6) is 0 Å². The molecule has 0 saturated heterocycles. The number of pyridine rings is 1. The van der Waals surface area contributed by atoms with Crippen LogP contribution in [0.4, 0.5) is 0 Å². The van der Waals surface area contributed by atoms with E-state index in [1.165, 1.54) is 0 Å². The lowest BCUT2D eigenvalue weighted by Gasteiger charge is -2.16. The summed E-state index contributed by atoms with van der Waals surface area (Å²) >= 11 is 5.68. The van der Waals surface area contributed by atoms with Gasteiger partial charge in [0.15, 0.2) is 0 Å². The molecule has 0 radical (unpaired) electrons. The number of halogens is 1. The molecule has 0 aliphatic heterocycles. The van der Waals surface area contributed by atoms with Crippen molar-refractivity contribution in [3.63, 3.8) is 0 Å². The molecule has 0 aliphatic rings. The standard InChI is InChI=1S/C9H13ClN2O/c1-5-3-8(10)12-4-7(5)9(13)6(2)11/h3-4,6,9,13H,11H2,1-2H3/t6-,9+/m0/s1. The summed E-state index contributed by atoms with van der Waals surface area (Å²) in [7, 11) is 0. The van der Waals surface area contributed by atoms with Gasteiger partial charge >= 0.3 is 0 Å². The molecule has 0 fully saturated rings. The Morgan fingerprint density at radius 2 is 2.23 bits per heavy atom. The molecule has 1 heterocycles.